The number of nitrogens with zero attached hydrogens (tertiary/aromatic N) is 2. The second-order valence-electron chi connectivity index (χ2n) is 3.73. The van der Waals surface area contributed by atoms with Crippen LogP contribution in [0.25, 0.3) is 22.2 Å². The van der Waals surface area contributed by atoms with Crippen LogP contribution < -0.4 is 0 Å². The third-order valence-electron chi connectivity index (χ3n) is 2.74. The standard InChI is InChI=1S/C12H10ClN3/c1-16-12(4-5-15-16)10-7-14-11-3-2-8(13)6-9(10)11/h2-7,14H,1H3. The van der Waals surface area contributed by atoms with Crippen LogP contribution in [0.15, 0.2) is 36.7 Å². The summed E-state index contributed by atoms with van der Waals surface area (Å²) in [4.78, 5) is 3.23. The van der Waals surface area contributed by atoms with Gasteiger partial charge in [0, 0.05) is 40.9 Å². The molecule has 1 N–H and O–H groups in total. The van der Waals surface area contributed by atoms with E-state index < -0.39 is 0 Å². The zero-order valence-corrected chi connectivity index (χ0v) is 9.49. The molecule has 0 atom stereocenters. The summed E-state index contributed by atoms with van der Waals surface area (Å²) in [6, 6.07) is 7.82. The van der Waals surface area contributed by atoms with Gasteiger partial charge in [-0.2, -0.15) is 5.10 Å². The molecule has 0 bridgehead atoms. The number of hydrogen-bond donors (Lipinski definition) is 1. The number of halogens is 1. The fourth-order valence-corrected chi connectivity index (χ4v) is 2.11. The number of hydrogen-bond acceptors (Lipinski definition) is 1. The van der Waals surface area contributed by atoms with Gasteiger partial charge in [0.25, 0.3) is 0 Å². The van der Waals surface area contributed by atoms with Crippen LogP contribution in [0.5, 0.6) is 0 Å². The molecule has 3 rings (SSSR count). The molecule has 4 heteroatoms. The minimum absolute atomic E-state index is 0.746. The van der Waals surface area contributed by atoms with Crippen molar-refractivity contribution in [3.8, 4) is 11.3 Å². The molecule has 16 heavy (non-hydrogen) atoms. The molecular formula is C12H10ClN3. The first kappa shape index (κ1) is 9.48. The van der Waals surface area contributed by atoms with E-state index in [1.807, 2.05) is 42.2 Å². The van der Waals surface area contributed by atoms with E-state index in [0.29, 0.717) is 0 Å². The number of rotatable bonds is 1. The van der Waals surface area contributed by atoms with Gasteiger partial charge in [-0.1, -0.05) is 11.6 Å². The molecular weight excluding hydrogens is 222 g/mol. The summed E-state index contributed by atoms with van der Waals surface area (Å²) in [7, 11) is 1.93. The molecule has 0 radical (unpaired) electrons. The Kier molecular flexibility index (Phi) is 2.01. The van der Waals surface area contributed by atoms with Crippen LogP contribution in [-0.2, 0) is 7.05 Å². The van der Waals surface area contributed by atoms with Gasteiger partial charge in [0.15, 0.2) is 0 Å². The van der Waals surface area contributed by atoms with E-state index in [0.717, 1.165) is 27.2 Å². The highest BCUT2D eigenvalue weighted by molar-refractivity contribution is 6.31. The summed E-state index contributed by atoms with van der Waals surface area (Å²) in [6.07, 6.45) is 3.77. The molecule has 0 saturated heterocycles. The number of benzene rings is 1. The van der Waals surface area contributed by atoms with E-state index in [1.165, 1.54) is 0 Å². The lowest BCUT2D eigenvalue weighted by Crippen LogP contribution is -1.92. The molecule has 3 nitrogen and oxygen atoms in total. The summed E-state index contributed by atoms with van der Waals surface area (Å²) in [5, 5.41) is 6.04. The average molecular weight is 232 g/mol. The highest BCUT2D eigenvalue weighted by Crippen LogP contribution is 2.29. The molecule has 80 valence electrons. The molecule has 0 fully saturated rings. The maximum absolute atomic E-state index is 6.01. The van der Waals surface area contributed by atoms with Gasteiger partial charge in [0.2, 0.25) is 0 Å². The van der Waals surface area contributed by atoms with Crippen molar-refractivity contribution >= 4 is 22.5 Å². The van der Waals surface area contributed by atoms with Crippen LogP contribution in [0.2, 0.25) is 5.02 Å². The summed E-state index contributed by atoms with van der Waals surface area (Å²) in [5.74, 6) is 0. The minimum Gasteiger partial charge on any atom is -0.360 e. The van der Waals surface area contributed by atoms with Gasteiger partial charge in [-0.25, -0.2) is 0 Å². The predicted molar refractivity (Wildman–Crippen MR) is 65.5 cm³/mol. The zero-order chi connectivity index (χ0) is 11.1. The van der Waals surface area contributed by atoms with Crippen molar-refractivity contribution < 1.29 is 0 Å². The number of H-pyrrole nitrogens is 1. The SMILES string of the molecule is Cn1nccc1-c1c[nH]c2ccc(Cl)cc12. The fraction of sp³-hybridized carbons (Fsp3) is 0.0833. The molecule has 3 aromatic rings. The molecule has 2 aromatic heterocycles. The van der Waals surface area contributed by atoms with E-state index >= 15 is 0 Å². The summed E-state index contributed by atoms with van der Waals surface area (Å²) < 4.78 is 1.85. The number of nitrogens with one attached hydrogen (secondary N) is 1. The van der Waals surface area contributed by atoms with Gasteiger partial charge in [-0.3, -0.25) is 4.68 Å². The largest absolute Gasteiger partial charge is 0.360 e. The quantitative estimate of drug-likeness (QED) is 0.686. The lowest BCUT2D eigenvalue weighted by atomic mass is 10.1. The van der Waals surface area contributed by atoms with Gasteiger partial charge >= 0.3 is 0 Å². The summed E-state index contributed by atoms with van der Waals surface area (Å²) in [6.45, 7) is 0. The van der Waals surface area contributed by atoms with Crippen molar-refractivity contribution in [3.63, 3.8) is 0 Å². The van der Waals surface area contributed by atoms with Crippen LogP contribution in [0.4, 0.5) is 0 Å². The number of aryl methyl sites for hydroxylation is 1. The lowest BCUT2D eigenvalue weighted by Gasteiger charge is -2.00. The Balaban J connectivity index is 2.32. The first-order chi connectivity index (χ1) is 7.75. The molecule has 2 heterocycles. The molecule has 0 aliphatic carbocycles. The Hall–Kier alpha value is -1.74. The van der Waals surface area contributed by atoms with Crippen molar-refractivity contribution in [2.75, 3.05) is 0 Å². The van der Waals surface area contributed by atoms with Gasteiger partial charge in [0.1, 0.15) is 0 Å². The van der Waals surface area contributed by atoms with Crippen LogP contribution in [-0.4, -0.2) is 14.8 Å². The molecule has 0 saturated carbocycles. The number of aromatic amines is 1. The van der Waals surface area contributed by atoms with Crippen LogP contribution >= 0.6 is 11.6 Å². The molecule has 0 aliphatic heterocycles. The van der Waals surface area contributed by atoms with E-state index in [1.54, 1.807) is 6.20 Å². The topological polar surface area (TPSA) is 33.6 Å². The van der Waals surface area contributed by atoms with Crippen LogP contribution in [0.1, 0.15) is 0 Å². The van der Waals surface area contributed by atoms with Crippen molar-refractivity contribution in [1.29, 1.82) is 0 Å². The Labute approximate surface area is 97.7 Å². The second kappa shape index (κ2) is 3.39. The van der Waals surface area contributed by atoms with Crippen molar-refractivity contribution in [3.05, 3.63) is 41.7 Å². The molecule has 0 aliphatic rings. The Morgan fingerprint density at radius 1 is 1.31 bits per heavy atom. The van der Waals surface area contributed by atoms with Crippen molar-refractivity contribution in [2.24, 2.45) is 7.05 Å². The number of fused-ring (bicyclic) bond motifs is 1. The summed E-state index contributed by atoms with van der Waals surface area (Å²) >= 11 is 6.01. The van der Waals surface area contributed by atoms with Gasteiger partial charge in [-0.05, 0) is 24.3 Å². The predicted octanol–water partition coefficient (Wildman–Crippen LogP) is 3.22. The molecule has 0 amide bonds. The Bertz CT molecular complexity index is 651. The van der Waals surface area contributed by atoms with Gasteiger partial charge in [0.05, 0.1) is 5.69 Å². The Morgan fingerprint density at radius 2 is 2.19 bits per heavy atom. The molecule has 0 spiro atoms. The third-order valence-corrected chi connectivity index (χ3v) is 2.98. The van der Waals surface area contributed by atoms with Crippen molar-refractivity contribution in [2.45, 2.75) is 0 Å². The van der Waals surface area contributed by atoms with Crippen molar-refractivity contribution in [1.82, 2.24) is 14.8 Å². The fourth-order valence-electron chi connectivity index (χ4n) is 1.94. The van der Waals surface area contributed by atoms with Crippen LogP contribution in [0, 0.1) is 0 Å². The highest BCUT2D eigenvalue weighted by atomic mass is 35.5. The lowest BCUT2D eigenvalue weighted by molar-refractivity contribution is 0.776. The zero-order valence-electron chi connectivity index (χ0n) is 8.74. The first-order valence-corrected chi connectivity index (χ1v) is 5.38. The molecule has 1 aromatic carbocycles. The normalized spacial score (nSPS) is 11.1. The first-order valence-electron chi connectivity index (χ1n) is 5.01. The van der Waals surface area contributed by atoms with Gasteiger partial charge < -0.3 is 4.98 Å². The van der Waals surface area contributed by atoms with Gasteiger partial charge in [-0.15, -0.1) is 0 Å². The molecule has 0 unspecified atom stereocenters. The van der Waals surface area contributed by atoms with Crippen LogP contribution in [0.3, 0.4) is 0 Å². The average Bonchev–Trinajstić information content (AvgIpc) is 2.83. The Morgan fingerprint density at radius 3 is 2.94 bits per heavy atom. The maximum atomic E-state index is 6.01. The second-order valence-corrected chi connectivity index (χ2v) is 4.17. The smallest absolute Gasteiger partial charge is 0.0700 e. The monoisotopic (exact) mass is 231 g/mol. The summed E-state index contributed by atoms with van der Waals surface area (Å²) in [5.41, 5.74) is 3.28. The maximum Gasteiger partial charge on any atom is 0.0700 e. The van der Waals surface area contributed by atoms with E-state index in [4.69, 9.17) is 11.6 Å². The van der Waals surface area contributed by atoms with E-state index in [9.17, 15) is 0 Å². The number of aromatic nitrogens is 3. The third kappa shape index (κ3) is 1.32. The van der Waals surface area contributed by atoms with E-state index in [2.05, 4.69) is 10.1 Å². The highest BCUT2D eigenvalue weighted by Gasteiger charge is 2.09. The van der Waals surface area contributed by atoms with E-state index in [-0.39, 0.29) is 0 Å². The minimum atomic E-state index is 0.746.